The lowest BCUT2D eigenvalue weighted by atomic mass is 10.2. The highest BCUT2D eigenvalue weighted by molar-refractivity contribution is 5.74. The molecule has 2 rings (SSSR count). The summed E-state index contributed by atoms with van der Waals surface area (Å²) in [6.07, 6.45) is 2.23. The highest BCUT2D eigenvalue weighted by Gasteiger charge is 2.23. The van der Waals surface area contributed by atoms with Gasteiger partial charge in [0.1, 0.15) is 0 Å². The molecule has 1 heterocycles. The number of urea groups is 1. The summed E-state index contributed by atoms with van der Waals surface area (Å²) >= 11 is 0. The molecule has 1 aliphatic heterocycles. The van der Waals surface area contributed by atoms with Gasteiger partial charge in [0.2, 0.25) is 0 Å². The molecule has 0 fully saturated rings. The number of hydrogen-bond acceptors (Lipinski definition) is 3. The van der Waals surface area contributed by atoms with E-state index < -0.39 is 6.10 Å². The Bertz CT molecular complexity index is 493. The molecule has 2 amide bonds. The third-order valence-corrected chi connectivity index (χ3v) is 4.13. The van der Waals surface area contributed by atoms with Crippen molar-refractivity contribution < 1.29 is 9.90 Å². The SMILES string of the molecule is CCCC(O)CNC(=O)NCC(C)N1CCc2ccccc21. The van der Waals surface area contributed by atoms with Crippen LogP contribution >= 0.6 is 0 Å². The molecule has 122 valence electrons. The first-order valence-electron chi connectivity index (χ1n) is 8.16. The molecule has 2 atom stereocenters. The average Bonchev–Trinajstić information content (AvgIpc) is 2.95. The Kier molecular flexibility index (Phi) is 6.07. The molecule has 0 aliphatic carbocycles. The molecule has 0 spiro atoms. The van der Waals surface area contributed by atoms with E-state index in [0.717, 1.165) is 19.4 Å². The van der Waals surface area contributed by atoms with E-state index in [1.54, 1.807) is 0 Å². The van der Waals surface area contributed by atoms with Gasteiger partial charge in [-0.2, -0.15) is 0 Å². The van der Waals surface area contributed by atoms with E-state index in [1.807, 2.05) is 6.92 Å². The summed E-state index contributed by atoms with van der Waals surface area (Å²) in [5, 5.41) is 15.2. The lowest BCUT2D eigenvalue weighted by molar-refractivity contribution is 0.160. The van der Waals surface area contributed by atoms with Crippen LogP contribution in [0.3, 0.4) is 0 Å². The lowest BCUT2D eigenvalue weighted by Crippen LogP contribution is -2.46. The number of carbonyl (C=O) groups is 1. The second kappa shape index (κ2) is 8.03. The van der Waals surface area contributed by atoms with Crippen LogP contribution in [0, 0.1) is 0 Å². The summed E-state index contributed by atoms with van der Waals surface area (Å²) in [4.78, 5) is 14.1. The fourth-order valence-corrected chi connectivity index (χ4v) is 2.88. The van der Waals surface area contributed by atoms with Gasteiger partial charge in [0.15, 0.2) is 0 Å². The molecule has 1 aromatic carbocycles. The minimum Gasteiger partial charge on any atom is -0.391 e. The molecule has 0 radical (unpaired) electrons. The number of nitrogens with zero attached hydrogens (tertiary/aromatic N) is 1. The molecule has 1 aromatic rings. The third kappa shape index (κ3) is 4.37. The van der Waals surface area contributed by atoms with Crippen molar-refractivity contribution >= 4 is 11.7 Å². The first-order chi connectivity index (χ1) is 10.6. The van der Waals surface area contributed by atoms with Crippen molar-refractivity contribution in [1.82, 2.24) is 10.6 Å². The van der Waals surface area contributed by atoms with E-state index in [0.29, 0.717) is 19.5 Å². The molecule has 2 unspecified atom stereocenters. The van der Waals surface area contributed by atoms with Crippen LogP contribution in [0.25, 0.3) is 0 Å². The van der Waals surface area contributed by atoms with Crippen molar-refractivity contribution in [2.45, 2.75) is 45.3 Å². The van der Waals surface area contributed by atoms with E-state index >= 15 is 0 Å². The van der Waals surface area contributed by atoms with Gasteiger partial charge in [-0.05, 0) is 31.4 Å². The van der Waals surface area contributed by atoms with Crippen molar-refractivity contribution in [3.63, 3.8) is 0 Å². The highest BCUT2D eigenvalue weighted by Crippen LogP contribution is 2.28. The quantitative estimate of drug-likeness (QED) is 0.721. The van der Waals surface area contributed by atoms with Crippen LogP contribution in [0.15, 0.2) is 24.3 Å². The van der Waals surface area contributed by atoms with Crippen molar-refractivity contribution in [3.05, 3.63) is 29.8 Å². The predicted molar refractivity (Wildman–Crippen MR) is 89.3 cm³/mol. The maximum Gasteiger partial charge on any atom is 0.314 e. The number of aliphatic hydroxyl groups is 1. The van der Waals surface area contributed by atoms with Gasteiger partial charge in [0.05, 0.1) is 6.10 Å². The number of benzene rings is 1. The number of hydrogen-bond donors (Lipinski definition) is 3. The van der Waals surface area contributed by atoms with E-state index in [4.69, 9.17) is 0 Å². The molecule has 1 aliphatic rings. The topological polar surface area (TPSA) is 64.6 Å². The largest absolute Gasteiger partial charge is 0.391 e. The fraction of sp³-hybridized carbons (Fsp3) is 0.588. The summed E-state index contributed by atoms with van der Waals surface area (Å²) < 4.78 is 0. The number of aliphatic hydroxyl groups excluding tert-OH is 1. The van der Waals surface area contributed by atoms with Crippen LogP contribution in [0.2, 0.25) is 0 Å². The number of nitrogens with one attached hydrogen (secondary N) is 2. The zero-order valence-corrected chi connectivity index (χ0v) is 13.5. The van der Waals surface area contributed by atoms with Crippen molar-refractivity contribution in [3.8, 4) is 0 Å². The van der Waals surface area contributed by atoms with Crippen molar-refractivity contribution in [2.24, 2.45) is 0 Å². The zero-order valence-electron chi connectivity index (χ0n) is 13.5. The first-order valence-corrected chi connectivity index (χ1v) is 8.16. The summed E-state index contributed by atoms with van der Waals surface area (Å²) in [5.41, 5.74) is 2.65. The maximum atomic E-state index is 11.8. The highest BCUT2D eigenvalue weighted by atomic mass is 16.3. The van der Waals surface area contributed by atoms with E-state index in [1.165, 1.54) is 11.3 Å². The van der Waals surface area contributed by atoms with Crippen molar-refractivity contribution in [2.75, 3.05) is 24.5 Å². The van der Waals surface area contributed by atoms with Crippen LogP contribution < -0.4 is 15.5 Å². The van der Waals surface area contributed by atoms with Crippen LogP contribution in [0.5, 0.6) is 0 Å². The van der Waals surface area contributed by atoms with E-state index in [-0.39, 0.29) is 12.1 Å². The second-order valence-corrected chi connectivity index (χ2v) is 5.95. The summed E-state index contributed by atoms with van der Waals surface area (Å²) in [5.74, 6) is 0. The van der Waals surface area contributed by atoms with E-state index in [9.17, 15) is 9.90 Å². The van der Waals surface area contributed by atoms with Gasteiger partial charge in [0, 0.05) is 31.4 Å². The van der Waals surface area contributed by atoms with Gasteiger partial charge in [-0.1, -0.05) is 31.5 Å². The Morgan fingerprint density at radius 3 is 2.82 bits per heavy atom. The van der Waals surface area contributed by atoms with Gasteiger partial charge in [0.25, 0.3) is 0 Å². The van der Waals surface area contributed by atoms with Gasteiger partial charge >= 0.3 is 6.03 Å². The van der Waals surface area contributed by atoms with Crippen molar-refractivity contribution in [1.29, 1.82) is 0 Å². The van der Waals surface area contributed by atoms with Gasteiger partial charge in [-0.25, -0.2) is 4.79 Å². The summed E-state index contributed by atoms with van der Waals surface area (Å²) in [6.45, 7) is 6.02. The fourth-order valence-electron chi connectivity index (χ4n) is 2.88. The standard InChI is InChI=1S/C17H27N3O2/c1-3-6-15(21)12-19-17(22)18-11-13(2)20-10-9-14-7-4-5-8-16(14)20/h4-5,7-8,13,15,21H,3,6,9-12H2,1-2H3,(H2,18,19,22). The monoisotopic (exact) mass is 305 g/mol. The molecular weight excluding hydrogens is 278 g/mol. The Labute approximate surface area is 132 Å². The Morgan fingerprint density at radius 2 is 2.05 bits per heavy atom. The maximum absolute atomic E-state index is 11.8. The molecule has 5 heteroatoms. The molecular formula is C17H27N3O2. The van der Waals surface area contributed by atoms with Gasteiger partial charge in [-0.15, -0.1) is 0 Å². The number of amides is 2. The number of anilines is 1. The number of carbonyl (C=O) groups excluding carboxylic acids is 1. The van der Waals surface area contributed by atoms with Gasteiger partial charge < -0.3 is 20.6 Å². The number of para-hydroxylation sites is 1. The van der Waals surface area contributed by atoms with E-state index in [2.05, 4.69) is 46.7 Å². The normalized spacial score (nSPS) is 16.0. The predicted octanol–water partition coefficient (Wildman–Crippen LogP) is 1.90. The molecule has 3 N–H and O–H groups in total. The lowest BCUT2D eigenvalue weighted by Gasteiger charge is -2.27. The Morgan fingerprint density at radius 1 is 1.32 bits per heavy atom. The first kappa shape index (κ1) is 16.6. The number of rotatable bonds is 7. The van der Waals surface area contributed by atoms with Crippen LogP contribution in [0.1, 0.15) is 32.3 Å². The average molecular weight is 305 g/mol. The minimum atomic E-state index is -0.460. The molecule has 0 saturated carbocycles. The van der Waals surface area contributed by atoms with Crippen LogP contribution in [-0.2, 0) is 6.42 Å². The summed E-state index contributed by atoms with van der Waals surface area (Å²) in [6, 6.07) is 8.46. The van der Waals surface area contributed by atoms with Crippen LogP contribution in [-0.4, -0.2) is 42.9 Å². The molecule has 0 saturated heterocycles. The molecule has 0 aromatic heterocycles. The number of fused-ring (bicyclic) bond motifs is 1. The van der Waals surface area contributed by atoms with Crippen LogP contribution in [0.4, 0.5) is 10.5 Å². The minimum absolute atomic E-state index is 0.213. The third-order valence-electron chi connectivity index (χ3n) is 4.13. The summed E-state index contributed by atoms with van der Waals surface area (Å²) in [7, 11) is 0. The molecule has 22 heavy (non-hydrogen) atoms. The Balaban J connectivity index is 1.74. The molecule has 5 nitrogen and oxygen atoms in total. The smallest absolute Gasteiger partial charge is 0.314 e. The zero-order chi connectivity index (χ0) is 15.9. The second-order valence-electron chi connectivity index (χ2n) is 5.95. The molecule has 0 bridgehead atoms. The Hall–Kier alpha value is -1.75. The van der Waals surface area contributed by atoms with Gasteiger partial charge in [-0.3, -0.25) is 0 Å².